The van der Waals surface area contributed by atoms with Crippen molar-refractivity contribution in [2.75, 3.05) is 27.9 Å². The fraction of sp³-hybridized carbons (Fsp3) is 0.367. The number of hydrogen-bond acceptors (Lipinski definition) is 5. The summed E-state index contributed by atoms with van der Waals surface area (Å²) in [6.07, 6.45) is 1.69. The van der Waals surface area contributed by atoms with Crippen LogP contribution >= 0.6 is 0 Å². The second kappa shape index (κ2) is 11.5. The van der Waals surface area contributed by atoms with E-state index in [1.807, 2.05) is 12.1 Å². The van der Waals surface area contributed by atoms with Gasteiger partial charge in [0.1, 0.15) is 5.75 Å². The summed E-state index contributed by atoms with van der Waals surface area (Å²) in [7, 11) is 4.95. The van der Waals surface area contributed by atoms with Gasteiger partial charge in [-0.1, -0.05) is 31.2 Å². The van der Waals surface area contributed by atoms with Crippen LogP contribution in [0.1, 0.15) is 52.0 Å². The molecule has 0 saturated carbocycles. The molecule has 3 aromatic rings. The van der Waals surface area contributed by atoms with Crippen LogP contribution in [0, 0.1) is 6.92 Å². The SMILES string of the molecule is CCC(NC(=O)c1ccc(OC)cc1)C1c2cc(OC)c(OC)cc2CCN1Cc1ccccc1C. The number of nitrogens with one attached hydrogen (secondary N) is 1. The molecule has 0 bridgehead atoms. The standard InChI is InChI=1S/C30H36N2O4/c1-6-26(31-30(33)21-11-13-24(34-3)14-12-21)29-25-18-28(36-5)27(35-4)17-22(25)15-16-32(29)19-23-10-8-7-9-20(23)2/h7-14,17-18,26,29H,6,15-16,19H2,1-5H3,(H,31,33). The first-order valence-corrected chi connectivity index (χ1v) is 12.5. The molecule has 1 aliphatic rings. The molecule has 1 N–H and O–H groups in total. The molecule has 1 heterocycles. The number of amides is 1. The fourth-order valence-corrected chi connectivity index (χ4v) is 5.08. The number of methoxy groups -OCH3 is 3. The lowest BCUT2D eigenvalue weighted by Crippen LogP contribution is -2.48. The van der Waals surface area contributed by atoms with Crippen molar-refractivity contribution in [2.45, 2.75) is 45.3 Å². The van der Waals surface area contributed by atoms with Crippen LogP contribution in [0.3, 0.4) is 0 Å². The van der Waals surface area contributed by atoms with Gasteiger partial charge < -0.3 is 19.5 Å². The highest BCUT2D eigenvalue weighted by Crippen LogP contribution is 2.41. The maximum atomic E-state index is 13.3. The Morgan fingerprint density at radius 3 is 2.33 bits per heavy atom. The molecule has 0 saturated heterocycles. The topological polar surface area (TPSA) is 60.0 Å². The minimum absolute atomic E-state index is 0.0136. The maximum Gasteiger partial charge on any atom is 0.251 e. The van der Waals surface area contributed by atoms with E-state index < -0.39 is 0 Å². The molecular weight excluding hydrogens is 452 g/mol. The molecule has 0 aliphatic carbocycles. The molecule has 0 spiro atoms. The molecule has 0 aromatic heterocycles. The first-order valence-electron chi connectivity index (χ1n) is 12.5. The fourth-order valence-electron chi connectivity index (χ4n) is 5.08. The van der Waals surface area contributed by atoms with Gasteiger partial charge in [0.2, 0.25) is 0 Å². The van der Waals surface area contributed by atoms with Crippen LogP contribution in [0.15, 0.2) is 60.7 Å². The molecular formula is C30H36N2O4. The van der Waals surface area contributed by atoms with Crippen molar-refractivity contribution >= 4 is 5.91 Å². The monoisotopic (exact) mass is 488 g/mol. The lowest BCUT2D eigenvalue weighted by atomic mass is 9.86. The highest BCUT2D eigenvalue weighted by atomic mass is 16.5. The molecule has 4 rings (SSSR count). The molecule has 190 valence electrons. The number of carbonyl (C=O) groups is 1. The summed E-state index contributed by atoms with van der Waals surface area (Å²) in [5.74, 6) is 2.08. The smallest absolute Gasteiger partial charge is 0.251 e. The average Bonchev–Trinajstić information content (AvgIpc) is 2.92. The lowest BCUT2D eigenvalue weighted by molar-refractivity contribution is 0.0858. The molecule has 36 heavy (non-hydrogen) atoms. The summed E-state index contributed by atoms with van der Waals surface area (Å²) in [6.45, 7) is 5.97. The Kier molecular flexibility index (Phi) is 8.16. The van der Waals surface area contributed by atoms with E-state index in [1.54, 1.807) is 33.5 Å². The zero-order valence-corrected chi connectivity index (χ0v) is 21.8. The van der Waals surface area contributed by atoms with Gasteiger partial charge in [-0.05, 0) is 78.4 Å². The van der Waals surface area contributed by atoms with Crippen molar-refractivity contribution in [1.82, 2.24) is 10.2 Å². The van der Waals surface area contributed by atoms with Crippen LogP contribution in [0.5, 0.6) is 17.2 Å². The molecule has 6 heteroatoms. The maximum absolute atomic E-state index is 13.3. The zero-order chi connectivity index (χ0) is 25.7. The van der Waals surface area contributed by atoms with Gasteiger partial charge in [0.25, 0.3) is 5.91 Å². The molecule has 3 aromatic carbocycles. The van der Waals surface area contributed by atoms with Crippen molar-refractivity contribution in [3.63, 3.8) is 0 Å². The molecule has 1 aliphatic heterocycles. The van der Waals surface area contributed by atoms with Crippen LogP contribution in [0.25, 0.3) is 0 Å². The number of hydrogen-bond donors (Lipinski definition) is 1. The van der Waals surface area contributed by atoms with E-state index in [4.69, 9.17) is 14.2 Å². The largest absolute Gasteiger partial charge is 0.497 e. The summed E-state index contributed by atoms with van der Waals surface area (Å²) in [5.41, 5.74) is 5.58. The van der Waals surface area contributed by atoms with Crippen molar-refractivity contribution in [1.29, 1.82) is 0 Å². The van der Waals surface area contributed by atoms with Crippen molar-refractivity contribution in [3.05, 3.63) is 88.5 Å². The Balaban J connectivity index is 1.71. The van der Waals surface area contributed by atoms with Gasteiger partial charge in [0.15, 0.2) is 11.5 Å². The summed E-state index contributed by atoms with van der Waals surface area (Å²) >= 11 is 0. The third-order valence-corrected chi connectivity index (χ3v) is 7.15. The van der Waals surface area contributed by atoms with Crippen molar-refractivity contribution in [3.8, 4) is 17.2 Å². The van der Waals surface area contributed by atoms with Gasteiger partial charge in [-0.3, -0.25) is 9.69 Å². The predicted molar refractivity (Wildman–Crippen MR) is 142 cm³/mol. The van der Waals surface area contributed by atoms with E-state index >= 15 is 0 Å². The number of ether oxygens (including phenoxy) is 3. The average molecular weight is 489 g/mol. The summed E-state index contributed by atoms with van der Waals surface area (Å²) in [5, 5.41) is 3.33. The minimum Gasteiger partial charge on any atom is -0.497 e. The van der Waals surface area contributed by atoms with Crippen LogP contribution < -0.4 is 19.5 Å². The third kappa shape index (κ3) is 5.34. The Labute approximate surface area is 214 Å². The van der Waals surface area contributed by atoms with Crippen LogP contribution in [-0.2, 0) is 13.0 Å². The Bertz CT molecular complexity index is 1190. The predicted octanol–water partition coefficient (Wildman–Crippen LogP) is 5.33. The quantitative estimate of drug-likeness (QED) is 0.441. The Hall–Kier alpha value is -3.51. The van der Waals surface area contributed by atoms with Gasteiger partial charge in [-0.2, -0.15) is 0 Å². The molecule has 2 unspecified atom stereocenters. The zero-order valence-electron chi connectivity index (χ0n) is 21.8. The summed E-state index contributed by atoms with van der Waals surface area (Å²) < 4.78 is 16.5. The summed E-state index contributed by atoms with van der Waals surface area (Å²) in [4.78, 5) is 15.8. The second-order valence-electron chi connectivity index (χ2n) is 9.21. The summed E-state index contributed by atoms with van der Waals surface area (Å²) in [6, 6.07) is 19.8. The highest BCUT2D eigenvalue weighted by Gasteiger charge is 2.35. The van der Waals surface area contributed by atoms with Gasteiger partial charge >= 0.3 is 0 Å². The molecule has 6 nitrogen and oxygen atoms in total. The third-order valence-electron chi connectivity index (χ3n) is 7.15. The number of nitrogens with zero attached hydrogens (tertiary/aromatic N) is 1. The number of benzene rings is 3. The number of fused-ring (bicyclic) bond motifs is 1. The molecule has 1 amide bonds. The Morgan fingerprint density at radius 2 is 1.69 bits per heavy atom. The van der Waals surface area contributed by atoms with Gasteiger partial charge in [-0.15, -0.1) is 0 Å². The number of aryl methyl sites for hydroxylation is 1. The lowest BCUT2D eigenvalue weighted by Gasteiger charge is -2.42. The van der Waals surface area contributed by atoms with Crippen LogP contribution in [0.2, 0.25) is 0 Å². The van der Waals surface area contributed by atoms with E-state index in [2.05, 4.69) is 60.5 Å². The minimum atomic E-state index is -0.0965. The van der Waals surface area contributed by atoms with Crippen LogP contribution in [0.4, 0.5) is 0 Å². The first kappa shape index (κ1) is 25.6. The molecule has 0 radical (unpaired) electrons. The van der Waals surface area contributed by atoms with E-state index in [0.29, 0.717) is 11.3 Å². The van der Waals surface area contributed by atoms with Gasteiger partial charge in [0.05, 0.1) is 27.4 Å². The Morgan fingerprint density at radius 1 is 1.00 bits per heavy atom. The molecule has 2 atom stereocenters. The van der Waals surface area contributed by atoms with E-state index in [1.165, 1.54) is 22.3 Å². The van der Waals surface area contributed by atoms with E-state index in [9.17, 15) is 4.79 Å². The van der Waals surface area contributed by atoms with Gasteiger partial charge in [-0.25, -0.2) is 0 Å². The normalized spacial score (nSPS) is 16.1. The number of carbonyl (C=O) groups excluding carboxylic acids is 1. The van der Waals surface area contributed by atoms with Crippen molar-refractivity contribution in [2.24, 2.45) is 0 Å². The van der Waals surface area contributed by atoms with Crippen molar-refractivity contribution < 1.29 is 19.0 Å². The number of rotatable bonds is 9. The first-order chi connectivity index (χ1) is 17.5. The van der Waals surface area contributed by atoms with Gasteiger partial charge in [0, 0.05) is 24.7 Å². The molecule has 0 fully saturated rings. The van der Waals surface area contributed by atoms with E-state index in [0.717, 1.165) is 37.4 Å². The van der Waals surface area contributed by atoms with Crippen LogP contribution in [-0.4, -0.2) is 44.7 Å². The van der Waals surface area contributed by atoms with E-state index in [-0.39, 0.29) is 18.0 Å². The highest BCUT2D eigenvalue weighted by molar-refractivity contribution is 5.94. The second-order valence-corrected chi connectivity index (χ2v) is 9.21.